The summed E-state index contributed by atoms with van der Waals surface area (Å²) in [6.45, 7) is 6.21. The van der Waals surface area contributed by atoms with Crippen LogP contribution >= 0.6 is 0 Å². The van der Waals surface area contributed by atoms with Crippen molar-refractivity contribution in [3.8, 4) is 5.75 Å². The van der Waals surface area contributed by atoms with Gasteiger partial charge < -0.3 is 9.84 Å². The number of hydrogen-bond acceptors (Lipinski definition) is 2. The SMILES string of the molecule is CC(C)(C)[CH]C(O)COc1ccc(F)cc1. The van der Waals surface area contributed by atoms with Gasteiger partial charge in [-0.1, -0.05) is 20.8 Å². The van der Waals surface area contributed by atoms with E-state index in [0.717, 1.165) is 0 Å². The van der Waals surface area contributed by atoms with E-state index in [4.69, 9.17) is 4.74 Å². The summed E-state index contributed by atoms with van der Waals surface area (Å²) in [6, 6.07) is 5.74. The van der Waals surface area contributed by atoms with Crippen LogP contribution in [0.3, 0.4) is 0 Å². The molecule has 0 fully saturated rings. The number of ether oxygens (including phenoxy) is 1. The number of aliphatic hydroxyl groups is 1. The monoisotopic (exact) mass is 225 g/mol. The quantitative estimate of drug-likeness (QED) is 0.853. The van der Waals surface area contributed by atoms with E-state index in [1.165, 1.54) is 12.1 Å². The summed E-state index contributed by atoms with van der Waals surface area (Å²) in [5.41, 5.74) is -0.0500. The van der Waals surface area contributed by atoms with E-state index in [-0.39, 0.29) is 17.8 Å². The number of benzene rings is 1. The minimum absolute atomic E-state index is 0.0500. The highest BCUT2D eigenvalue weighted by Crippen LogP contribution is 2.20. The van der Waals surface area contributed by atoms with Gasteiger partial charge in [-0.25, -0.2) is 4.39 Å². The van der Waals surface area contributed by atoms with Crippen molar-refractivity contribution in [2.24, 2.45) is 5.41 Å². The van der Waals surface area contributed by atoms with Crippen LogP contribution in [-0.4, -0.2) is 17.8 Å². The van der Waals surface area contributed by atoms with E-state index in [1.807, 2.05) is 27.2 Å². The van der Waals surface area contributed by atoms with Gasteiger partial charge in [0.25, 0.3) is 0 Å². The molecule has 0 heterocycles. The third kappa shape index (κ3) is 5.12. The zero-order valence-electron chi connectivity index (χ0n) is 9.90. The van der Waals surface area contributed by atoms with Crippen LogP contribution in [0.1, 0.15) is 20.8 Å². The molecule has 89 valence electrons. The zero-order chi connectivity index (χ0) is 12.2. The molecule has 1 aromatic rings. The van der Waals surface area contributed by atoms with Gasteiger partial charge in [0, 0.05) is 0 Å². The summed E-state index contributed by atoms with van der Waals surface area (Å²) in [4.78, 5) is 0. The fourth-order valence-corrected chi connectivity index (χ4v) is 1.34. The van der Waals surface area contributed by atoms with Gasteiger partial charge in [-0.05, 0) is 36.1 Å². The molecule has 1 atom stereocenters. The molecule has 1 rings (SSSR count). The van der Waals surface area contributed by atoms with Crippen molar-refractivity contribution >= 4 is 0 Å². The van der Waals surface area contributed by atoms with Crippen molar-refractivity contribution in [2.75, 3.05) is 6.61 Å². The predicted molar refractivity (Wildman–Crippen MR) is 61.7 cm³/mol. The molecule has 0 aliphatic rings. The number of halogens is 1. The van der Waals surface area contributed by atoms with Crippen LogP contribution in [0.15, 0.2) is 24.3 Å². The number of rotatable bonds is 4. The first-order valence-electron chi connectivity index (χ1n) is 5.29. The van der Waals surface area contributed by atoms with E-state index in [1.54, 1.807) is 12.1 Å². The Bertz CT molecular complexity index is 314. The third-order valence-electron chi connectivity index (χ3n) is 1.93. The Morgan fingerprint density at radius 1 is 1.31 bits per heavy atom. The predicted octanol–water partition coefficient (Wildman–Crippen LogP) is 2.82. The maximum absolute atomic E-state index is 12.6. The molecule has 16 heavy (non-hydrogen) atoms. The van der Waals surface area contributed by atoms with Gasteiger partial charge in [0.15, 0.2) is 0 Å². The highest BCUT2D eigenvalue weighted by Gasteiger charge is 2.17. The standard InChI is InChI=1S/C13H18FO2/c1-13(2,3)8-11(15)9-16-12-6-4-10(14)5-7-12/h4-8,11,15H,9H2,1-3H3. The van der Waals surface area contributed by atoms with Crippen molar-refractivity contribution < 1.29 is 14.2 Å². The van der Waals surface area contributed by atoms with Gasteiger partial charge in [-0.3, -0.25) is 0 Å². The minimum atomic E-state index is -0.620. The van der Waals surface area contributed by atoms with Crippen molar-refractivity contribution in [3.63, 3.8) is 0 Å². The average molecular weight is 225 g/mol. The van der Waals surface area contributed by atoms with Gasteiger partial charge in [-0.15, -0.1) is 0 Å². The molecule has 0 spiro atoms. The lowest BCUT2D eigenvalue weighted by atomic mass is 9.89. The molecule has 1 N–H and O–H groups in total. The Morgan fingerprint density at radius 3 is 2.38 bits per heavy atom. The Hall–Kier alpha value is -1.09. The summed E-state index contributed by atoms with van der Waals surface area (Å²) < 4.78 is 17.9. The van der Waals surface area contributed by atoms with E-state index in [0.29, 0.717) is 5.75 Å². The zero-order valence-corrected chi connectivity index (χ0v) is 9.90. The summed E-state index contributed by atoms with van der Waals surface area (Å²) in [7, 11) is 0. The molecule has 0 amide bonds. The number of aliphatic hydroxyl groups excluding tert-OH is 1. The van der Waals surface area contributed by atoms with Gasteiger partial charge in [0.2, 0.25) is 0 Å². The molecule has 0 aliphatic heterocycles. The van der Waals surface area contributed by atoms with E-state index >= 15 is 0 Å². The average Bonchev–Trinajstić information content (AvgIpc) is 2.14. The van der Waals surface area contributed by atoms with Crippen molar-refractivity contribution in [1.82, 2.24) is 0 Å². The lowest BCUT2D eigenvalue weighted by Crippen LogP contribution is -2.24. The highest BCUT2D eigenvalue weighted by molar-refractivity contribution is 5.22. The first-order chi connectivity index (χ1) is 7.37. The Balaban J connectivity index is 2.37. The lowest BCUT2D eigenvalue weighted by Gasteiger charge is -2.21. The fraction of sp³-hybridized carbons (Fsp3) is 0.462. The van der Waals surface area contributed by atoms with E-state index in [9.17, 15) is 9.50 Å². The van der Waals surface area contributed by atoms with Crippen LogP contribution in [0.5, 0.6) is 5.75 Å². The molecule has 0 aromatic heterocycles. The maximum Gasteiger partial charge on any atom is 0.123 e. The third-order valence-corrected chi connectivity index (χ3v) is 1.93. The van der Waals surface area contributed by atoms with Crippen LogP contribution in [0.4, 0.5) is 4.39 Å². The molecule has 1 unspecified atom stereocenters. The van der Waals surface area contributed by atoms with Crippen LogP contribution < -0.4 is 4.74 Å². The van der Waals surface area contributed by atoms with Crippen molar-refractivity contribution in [3.05, 3.63) is 36.5 Å². The number of hydrogen-bond donors (Lipinski definition) is 1. The van der Waals surface area contributed by atoms with Crippen LogP contribution in [0, 0.1) is 17.7 Å². The molecule has 2 nitrogen and oxygen atoms in total. The molecule has 0 bridgehead atoms. The van der Waals surface area contributed by atoms with Gasteiger partial charge in [0.05, 0.1) is 6.10 Å². The first kappa shape index (κ1) is 13.0. The second-order valence-electron chi connectivity index (χ2n) is 4.86. The van der Waals surface area contributed by atoms with Crippen molar-refractivity contribution in [2.45, 2.75) is 26.9 Å². The van der Waals surface area contributed by atoms with E-state index in [2.05, 4.69) is 0 Å². The summed E-state index contributed by atoms with van der Waals surface area (Å²) >= 11 is 0. The Kier molecular flexibility index (Phi) is 4.30. The largest absolute Gasteiger partial charge is 0.491 e. The molecule has 3 heteroatoms. The van der Waals surface area contributed by atoms with E-state index < -0.39 is 6.10 Å². The summed E-state index contributed by atoms with van der Waals surface area (Å²) in [6.07, 6.45) is 1.20. The topological polar surface area (TPSA) is 29.5 Å². The maximum atomic E-state index is 12.6. The normalized spacial score (nSPS) is 13.6. The second-order valence-corrected chi connectivity index (χ2v) is 4.86. The van der Waals surface area contributed by atoms with Gasteiger partial charge in [0.1, 0.15) is 18.2 Å². The van der Waals surface area contributed by atoms with Gasteiger partial charge >= 0.3 is 0 Å². The molecular formula is C13H18FO2. The second kappa shape index (κ2) is 5.30. The molecular weight excluding hydrogens is 207 g/mol. The first-order valence-corrected chi connectivity index (χ1v) is 5.29. The molecule has 0 aliphatic carbocycles. The summed E-state index contributed by atoms with van der Waals surface area (Å²) in [5.74, 6) is 0.261. The summed E-state index contributed by atoms with van der Waals surface area (Å²) in [5, 5.41) is 9.65. The minimum Gasteiger partial charge on any atom is -0.491 e. The fourth-order valence-electron chi connectivity index (χ4n) is 1.34. The molecule has 0 saturated heterocycles. The Morgan fingerprint density at radius 2 is 1.88 bits per heavy atom. The Labute approximate surface area is 96.1 Å². The molecule has 1 radical (unpaired) electrons. The lowest BCUT2D eigenvalue weighted by molar-refractivity contribution is 0.115. The molecule has 1 aromatic carbocycles. The van der Waals surface area contributed by atoms with Gasteiger partial charge in [-0.2, -0.15) is 0 Å². The van der Waals surface area contributed by atoms with Crippen LogP contribution in [-0.2, 0) is 0 Å². The van der Waals surface area contributed by atoms with Crippen molar-refractivity contribution in [1.29, 1.82) is 0 Å². The van der Waals surface area contributed by atoms with Crippen LogP contribution in [0.2, 0.25) is 0 Å². The smallest absolute Gasteiger partial charge is 0.123 e. The van der Waals surface area contributed by atoms with Crippen LogP contribution in [0.25, 0.3) is 0 Å². The highest BCUT2D eigenvalue weighted by atomic mass is 19.1. The molecule has 0 saturated carbocycles.